The van der Waals surface area contributed by atoms with Crippen LogP contribution in [0.25, 0.3) is 0 Å². The molecular weight excluding hydrogens is 577 g/mol. The van der Waals surface area contributed by atoms with Gasteiger partial charge in [0.05, 0.1) is 10.1 Å². The summed E-state index contributed by atoms with van der Waals surface area (Å²) in [6.07, 6.45) is 4.15. The largest absolute Gasteiger partial charge is 2.00 e. The molecular formula is C15H22Cl2N2NaO3PtS. The van der Waals surface area contributed by atoms with E-state index in [0.717, 1.165) is 5.69 Å². The van der Waals surface area contributed by atoms with Crippen LogP contribution in [0.5, 0.6) is 0 Å². The Bertz CT molecular complexity index is 658. The molecule has 0 bridgehead atoms. The van der Waals surface area contributed by atoms with E-state index in [2.05, 4.69) is 32.9 Å². The van der Waals surface area contributed by atoms with Crippen LogP contribution in [0, 0.1) is 27.4 Å². The van der Waals surface area contributed by atoms with Crippen molar-refractivity contribution in [2.75, 3.05) is 17.2 Å². The monoisotopic (exact) mass is 598 g/mol. The van der Waals surface area contributed by atoms with Gasteiger partial charge >= 0.3 is 50.6 Å². The summed E-state index contributed by atoms with van der Waals surface area (Å²) in [5.74, 6) is -0.326. The molecule has 0 N–H and O–H groups in total. The van der Waals surface area contributed by atoms with Crippen molar-refractivity contribution < 1.29 is 89.8 Å². The predicted molar refractivity (Wildman–Crippen MR) is 84.6 cm³/mol. The van der Waals surface area contributed by atoms with E-state index >= 15 is 0 Å². The molecule has 5 nitrogen and oxygen atoms in total. The second-order valence-electron chi connectivity index (χ2n) is 5.42. The zero-order chi connectivity index (χ0) is 15.6. The Morgan fingerprint density at radius 3 is 2.08 bits per heavy atom. The summed E-state index contributed by atoms with van der Waals surface area (Å²) in [7, 11) is -4.13. The number of benzene rings is 1. The molecule has 1 radical (unpaired) electrons. The fourth-order valence-corrected chi connectivity index (χ4v) is 3.14. The van der Waals surface area contributed by atoms with E-state index in [-0.39, 0.29) is 82.6 Å². The SMILES string of the molecule is Cc1cc(C)c(N2[CH]N(CCCS(=O)(=O)[O-])C=C2)c(C)c1.[Cl-].[Cl-].[HH].[Na+].[Pt+2]. The van der Waals surface area contributed by atoms with Gasteiger partial charge in [0.1, 0.15) is 6.67 Å². The summed E-state index contributed by atoms with van der Waals surface area (Å²) >= 11 is 0. The summed E-state index contributed by atoms with van der Waals surface area (Å²) in [6, 6.07) is 4.27. The van der Waals surface area contributed by atoms with E-state index in [0.29, 0.717) is 13.0 Å². The smallest absolute Gasteiger partial charge is 1.00 e. The van der Waals surface area contributed by atoms with Crippen LogP contribution in [0.3, 0.4) is 0 Å². The zero-order valence-electron chi connectivity index (χ0n) is 14.6. The van der Waals surface area contributed by atoms with Gasteiger partial charge in [0.15, 0.2) is 0 Å². The van der Waals surface area contributed by atoms with Crippen LogP contribution >= 0.6 is 0 Å². The predicted octanol–water partition coefficient (Wildman–Crippen LogP) is -6.48. The molecule has 10 heteroatoms. The summed E-state index contributed by atoms with van der Waals surface area (Å²) < 4.78 is 31.8. The summed E-state index contributed by atoms with van der Waals surface area (Å²) in [6.45, 7) is 8.65. The maximum absolute atomic E-state index is 10.6. The van der Waals surface area contributed by atoms with Crippen molar-refractivity contribution >= 4 is 15.8 Å². The Hall–Kier alpha value is 0.738. The Balaban J connectivity index is -0.000000484. The number of halogens is 2. The molecule has 0 atom stereocenters. The molecule has 0 saturated heterocycles. The van der Waals surface area contributed by atoms with E-state index in [1.165, 1.54) is 16.7 Å². The molecule has 0 aromatic heterocycles. The first-order chi connectivity index (χ1) is 9.76. The standard InChI is InChI=1S/C15H21N2O3S.2ClH.Na.Pt.H2/c1-12-9-13(2)15(14(3)10-12)17-7-6-16(11-17)5-4-8-21(18,19)20;;;;;/h6-7,9-11H,4-5,8H2,1-3H3,(H,18,19,20);2*1H;;;1H/q;;;+1;+2;/p-3. The first kappa shape index (κ1) is 30.5. The fourth-order valence-electron chi connectivity index (χ4n) is 2.66. The minimum Gasteiger partial charge on any atom is -1.00 e. The third-order valence-corrected chi connectivity index (χ3v) is 4.18. The van der Waals surface area contributed by atoms with E-state index in [9.17, 15) is 13.0 Å². The summed E-state index contributed by atoms with van der Waals surface area (Å²) in [5, 5.41) is 0. The average Bonchev–Trinajstić information content (AvgIpc) is 2.74. The van der Waals surface area contributed by atoms with Gasteiger partial charge < -0.3 is 39.2 Å². The van der Waals surface area contributed by atoms with Gasteiger partial charge in [0, 0.05) is 31.8 Å². The van der Waals surface area contributed by atoms with E-state index in [4.69, 9.17) is 0 Å². The van der Waals surface area contributed by atoms with Gasteiger partial charge in [-0.3, -0.25) is 0 Å². The van der Waals surface area contributed by atoms with Gasteiger partial charge in [0.2, 0.25) is 0 Å². The van der Waals surface area contributed by atoms with Crippen molar-refractivity contribution in [1.82, 2.24) is 4.90 Å². The van der Waals surface area contributed by atoms with Crippen molar-refractivity contribution in [3.8, 4) is 0 Å². The summed E-state index contributed by atoms with van der Waals surface area (Å²) in [4.78, 5) is 3.92. The zero-order valence-corrected chi connectivity index (χ0v) is 21.2. The first-order valence-corrected chi connectivity index (χ1v) is 8.43. The molecule has 1 aliphatic rings. The van der Waals surface area contributed by atoms with Crippen molar-refractivity contribution in [2.24, 2.45) is 0 Å². The minimum absolute atomic E-state index is 0. The second-order valence-corrected chi connectivity index (χ2v) is 6.94. The molecule has 141 valence electrons. The van der Waals surface area contributed by atoms with Gasteiger partial charge in [-0.15, -0.1) is 0 Å². The molecule has 1 aromatic rings. The molecule has 0 spiro atoms. The van der Waals surface area contributed by atoms with Crippen molar-refractivity contribution in [2.45, 2.75) is 27.2 Å². The molecule has 25 heavy (non-hydrogen) atoms. The third-order valence-electron chi connectivity index (χ3n) is 3.40. The molecule has 0 fully saturated rings. The molecule has 0 amide bonds. The number of rotatable bonds is 5. The number of anilines is 1. The van der Waals surface area contributed by atoms with Gasteiger partial charge in [0.25, 0.3) is 0 Å². The molecule has 1 aromatic carbocycles. The Morgan fingerprint density at radius 1 is 1.08 bits per heavy atom. The van der Waals surface area contributed by atoms with Crippen molar-refractivity contribution in [3.63, 3.8) is 0 Å². The third kappa shape index (κ3) is 9.48. The van der Waals surface area contributed by atoms with Gasteiger partial charge in [-0.1, -0.05) is 17.7 Å². The maximum Gasteiger partial charge on any atom is 2.00 e. The number of hydrogen-bond acceptors (Lipinski definition) is 5. The quantitative estimate of drug-likeness (QED) is 0.249. The molecule has 0 unspecified atom stereocenters. The van der Waals surface area contributed by atoms with Crippen LogP contribution in [-0.2, 0) is 31.2 Å². The van der Waals surface area contributed by atoms with Crippen LogP contribution in [0.1, 0.15) is 24.5 Å². The normalized spacial score (nSPS) is 12.6. The number of hydrogen-bond donors (Lipinski definition) is 0. The maximum atomic E-state index is 10.6. The average molecular weight is 599 g/mol. The molecule has 0 aliphatic carbocycles. The molecule has 1 heterocycles. The van der Waals surface area contributed by atoms with Crippen molar-refractivity contribution in [3.05, 3.63) is 47.9 Å². The number of aryl methyl sites for hydroxylation is 3. The fraction of sp³-hybridized carbons (Fsp3) is 0.400. The van der Waals surface area contributed by atoms with Crippen LogP contribution in [-0.4, -0.2) is 30.2 Å². The van der Waals surface area contributed by atoms with Crippen LogP contribution in [0.15, 0.2) is 24.5 Å². The van der Waals surface area contributed by atoms with E-state index in [1.54, 1.807) is 0 Å². The molecule has 0 saturated carbocycles. The number of nitrogens with zero attached hydrogens (tertiary/aromatic N) is 2. The molecule has 1 aliphatic heterocycles. The van der Waals surface area contributed by atoms with E-state index in [1.807, 2.05) is 28.9 Å². The topological polar surface area (TPSA) is 63.7 Å². The van der Waals surface area contributed by atoms with Crippen LogP contribution in [0.4, 0.5) is 5.69 Å². The Morgan fingerprint density at radius 2 is 1.60 bits per heavy atom. The van der Waals surface area contributed by atoms with E-state index < -0.39 is 10.1 Å². The van der Waals surface area contributed by atoms with Crippen molar-refractivity contribution in [1.29, 1.82) is 0 Å². The minimum atomic E-state index is -4.13. The Labute approximate surface area is 201 Å². The van der Waals surface area contributed by atoms with Gasteiger partial charge in [-0.25, -0.2) is 8.42 Å². The van der Waals surface area contributed by atoms with Gasteiger partial charge in [-0.2, -0.15) is 0 Å². The summed E-state index contributed by atoms with van der Waals surface area (Å²) in [5.41, 5.74) is 4.75. The second kappa shape index (κ2) is 13.0. The first-order valence-electron chi connectivity index (χ1n) is 6.85. The van der Waals surface area contributed by atoms with Crippen LogP contribution in [0.2, 0.25) is 0 Å². The van der Waals surface area contributed by atoms with Gasteiger partial charge in [-0.05, 0) is 38.3 Å². The Kier molecular flexibility index (Phi) is 15.8. The molecule has 2 rings (SSSR count). The van der Waals surface area contributed by atoms with Crippen LogP contribution < -0.4 is 59.3 Å².